The summed E-state index contributed by atoms with van der Waals surface area (Å²) in [5.74, 6) is -0.126. The predicted molar refractivity (Wildman–Crippen MR) is 86.1 cm³/mol. The van der Waals surface area contributed by atoms with Gasteiger partial charge in [0.15, 0.2) is 0 Å². The number of allylic oxidation sites excluding steroid dienone is 2. The number of carbonyl (C=O) groups is 3. The second-order valence-corrected chi connectivity index (χ2v) is 7.43. The molecule has 1 heterocycles. The Balaban J connectivity index is 1.72. The number of carbonyl (C=O) groups excluding carboxylic acids is 3. The summed E-state index contributed by atoms with van der Waals surface area (Å²) in [7, 11) is 0. The van der Waals surface area contributed by atoms with Crippen LogP contribution < -0.4 is 0 Å². The molecule has 1 aliphatic heterocycles. The van der Waals surface area contributed by atoms with Crippen molar-refractivity contribution in [2.75, 3.05) is 13.1 Å². The second-order valence-electron chi connectivity index (χ2n) is 7.43. The Labute approximate surface area is 137 Å². The Morgan fingerprint density at radius 1 is 1.17 bits per heavy atom. The third-order valence-electron chi connectivity index (χ3n) is 5.97. The average Bonchev–Trinajstić information content (AvgIpc) is 3.17. The van der Waals surface area contributed by atoms with Crippen molar-refractivity contribution in [2.24, 2.45) is 29.6 Å². The minimum Gasteiger partial charge on any atom is -0.338 e. The number of fused-ring (bicyclic) bond motifs is 5. The molecule has 0 unspecified atom stereocenters. The van der Waals surface area contributed by atoms with Crippen molar-refractivity contribution in [3.05, 3.63) is 12.2 Å². The molecule has 0 aromatic carbocycles. The second kappa shape index (κ2) is 5.77. The van der Waals surface area contributed by atoms with Crippen LogP contribution in [0.15, 0.2) is 12.2 Å². The van der Waals surface area contributed by atoms with Gasteiger partial charge in [0.1, 0.15) is 6.54 Å². The van der Waals surface area contributed by atoms with Crippen molar-refractivity contribution >= 4 is 17.7 Å². The topological polar surface area (TPSA) is 57.7 Å². The third kappa shape index (κ3) is 2.41. The van der Waals surface area contributed by atoms with Crippen LogP contribution in [0.1, 0.15) is 34.1 Å². The van der Waals surface area contributed by atoms with Gasteiger partial charge < -0.3 is 4.90 Å². The first-order valence-electron chi connectivity index (χ1n) is 8.69. The molecule has 0 spiro atoms. The van der Waals surface area contributed by atoms with E-state index in [9.17, 15) is 14.4 Å². The van der Waals surface area contributed by atoms with Crippen LogP contribution in [0.3, 0.4) is 0 Å². The predicted octanol–water partition coefficient (Wildman–Crippen LogP) is 1.69. The van der Waals surface area contributed by atoms with E-state index in [-0.39, 0.29) is 54.0 Å². The van der Waals surface area contributed by atoms with Gasteiger partial charge in [-0.15, -0.1) is 0 Å². The maximum Gasteiger partial charge on any atom is 0.242 e. The molecule has 23 heavy (non-hydrogen) atoms. The lowest BCUT2D eigenvalue weighted by Crippen LogP contribution is -2.48. The number of rotatable bonds is 5. The summed E-state index contributed by atoms with van der Waals surface area (Å²) in [6.07, 6.45) is 5.06. The number of hydrogen-bond donors (Lipinski definition) is 0. The summed E-state index contributed by atoms with van der Waals surface area (Å²) >= 11 is 0. The summed E-state index contributed by atoms with van der Waals surface area (Å²) < 4.78 is 0. The fourth-order valence-corrected chi connectivity index (χ4v) is 4.40. The van der Waals surface area contributed by atoms with Crippen LogP contribution in [0.5, 0.6) is 0 Å². The molecule has 2 fully saturated rings. The van der Waals surface area contributed by atoms with Crippen molar-refractivity contribution in [3.8, 4) is 0 Å². The zero-order chi connectivity index (χ0) is 16.9. The highest BCUT2D eigenvalue weighted by molar-refractivity contribution is 6.08. The van der Waals surface area contributed by atoms with Gasteiger partial charge in [0, 0.05) is 12.6 Å². The Bertz CT molecular complexity index is 539. The van der Waals surface area contributed by atoms with Gasteiger partial charge in [-0.25, -0.2) is 0 Å². The molecule has 0 N–H and O–H groups in total. The van der Waals surface area contributed by atoms with E-state index in [1.54, 1.807) is 4.90 Å². The number of amides is 3. The summed E-state index contributed by atoms with van der Waals surface area (Å²) in [6.45, 7) is 8.58. The number of imide groups is 1. The fourth-order valence-electron chi connectivity index (χ4n) is 4.40. The molecule has 0 aromatic heterocycles. The van der Waals surface area contributed by atoms with Gasteiger partial charge in [-0.1, -0.05) is 26.0 Å². The van der Waals surface area contributed by atoms with E-state index in [0.717, 1.165) is 6.42 Å². The minimum atomic E-state index is -0.220. The first-order chi connectivity index (χ1) is 10.9. The van der Waals surface area contributed by atoms with Gasteiger partial charge in [0.05, 0.1) is 11.8 Å². The lowest BCUT2D eigenvalue weighted by Gasteiger charge is -2.32. The van der Waals surface area contributed by atoms with Crippen LogP contribution in [-0.4, -0.2) is 46.7 Å². The Kier molecular flexibility index (Phi) is 4.07. The molecule has 1 saturated carbocycles. The van der Waals surface area contributed by atoms with Crippen molar-refractivity contribution in [1.82, 2.24) is 9.80 Å². The lowest BCUT2D eigenvalue weighted by atomic mass is 9.85. The molecule has 0 aromatic rings. The number of hydrogen-bond acceptors (Lipinski definition) is 3. The molecular formula is C18H26N2O3. The largest absolute Gasteiger partial charge is 0.338 e. The zero-order valence-corrected chi connectivity index (χ0v) is 14.4. The van der Waals surface area contributed by atoms with Crippen molar-refractivity contribution in [3.63, 3.8) is 0 Å². The molecule has 3 rings (SSSR count). The highest BCUT2D eigenvalue weighted by atomic mass is 16.2. The van der Waals surface area contributed by atoms with E-state index in [1.165, 1.54) is 4.90 Å². The van der Waals surface area contributed by atoms with E-state index >= 15 is 0 Å². The number of likely N-dealkylation sites (tertiary alicyclic amines) is 1. The van der Waals surface area contributed by atoms with Crippen molar-refractivity contribution < 1.29 is 14.4 Å². The van der Waals surface area contributed by atoms with E-state index in [2.05, 4.69) is 26.0 Å². The molecular weight excluding hydrogens is 292 g/mol. The highest BCUT2D eigenvalue weighted by Crippen LogP contribution is 2.52. The molecule has 1 saturated heterocycles. The van der Waals surface area contributed by atoms with Gasteiger partial charge in [-0.2, -0.15) is 0 Å². The van der Waals surface area contributed by atoms with Gasteiger partial charge in [-0.05, 0) is 38.0 Å². The van der Waals surface area contributed by atoms with Gasteiger partial charge in [-0.3, -0.25) is 19.3 Å². The molecule has 5 atom stereocenters. The minimum absolute atomic E-state index is 0.0951. The maximum atomic E-state index is 12.6. The van der Waals surface area contributed by atoms with Crippen LogP contribution in [0.2, 0.25) is 0 Å². The van der Waals surface area contributed by atoms with Crippen LogP contribution in [0, 0.1) is 29.6 Å². The first-order valence-corrected chi connectivity index (χ1v) is 8.69. The lowest BCUT2D eigenvalue weighted by molar-refractivity contribution is -0.148. The zero-order valence-electron chi connectivity index (χ0n) is 14.4. The Morgan fingerprint density at radius 2 is 1.70 bits per heavy atom. The summed E-state index contributed by atoms with van der Waals surface area (Å²) in [5, 5.41) is 0. The molecule has 0 radical (unpaired) electrons. The third-order valence-corrected chi connectivity index (χ3v) is 5.97. The van der Waals surface area contributed by atoms with Gasteiger partial charge in [0.25, 0.3) is 0 Å². The molecule has 3 aliphatic rings. The maximum absolute atomic E-state index is 12.6. The van der Waals surface area contributed by atoms with E-state index < -0.39 is 0 Å². The molecule has 2 bridgehead atoms. The summed E-state index contributed by atoms with van der Waals surface area (Å²) in [5.41, 5.74) is 0. The Hall–Kier alpha value is -1.65. The SMILES string of the molecule is CCN(C(=O)CN1C(=O)[C@H]2[C@H](C1=O)[C@H]1C=C[C@H]2C1)[C@@H](C)C(C)C. The standard InChI is InChI=1S/C18H26N2O3/c1-5-19(11(4)10(2)3)14(21)9-20-17(22)15-12-6-7-13(8-12)16(15)18(20)23/h6-7,10-13,15-16H,5,8-9H2,1-4H3/t11-,12-,13-,15+,16+/m0/s1. The van der Waals surface area contributed by atoms with E-state index in [4.69, 9.17) is 0 Å². The molecule has 3 amide bonds. The number of nitrogens with zero attached hydrogens (tertiary/aromatic N) is 2. The average molecular weight is 318 g/mol. The van der Waals surface area contributed by atoms with Crippen molar-refractivity contribution in [1.29, 1.82) is 0 Å². The quantitative estimate of drug-likeness (QED) is 0.572. The summed E-state index contributed by atoms with van der Waals surface area (Å²) in [6, 6.07) is 0.0951. The fraction of sp³-hybridized carbons (Fsp3) is 0.722. The highest BCUT2D eigenvalue weighted by Gasteiger charge is 2.59. The van der Waals surface area contributed by atoms with E-state index in [1.807, 2.05) is 13.8 Å². The smallest absolute Gasteiger partial charge is 0.242 e. The Morgan fingerprint density at radius 3 is 2.13 bits per heavy atom. The van der Waals surface area contributed by atoms with Gasteiger partial charge >= 0.3 is 0 Å². The van der Waals surface area contributed by atoms with Crippen molar-refractivity contribution in [2.45, 2.75) is 40.2 Å². The van der Waals surface area contributed by atoms with Crippen LogP contribution in [0.4, 0.5) is 0 Å². The van der Waals surface area contributed by atoms with Gasteiger partial charge in [0.2, 0.25) is 17.7 Å². The molecule has 5 heteroatoms. The monoisotopic (exact) mass is 318 g/mol. The van der Waals surface area contributed by atoms with E-state index in [0.29, 0.717) is 12.5 Å². The molecule has 2 aliphatic carbocycles. The summed E-state index contributed by atoms with van der Waals surface area (Å²) in [4.78, 5) is 40.9. The molecule has 126 valence electrons. The normalized spacial score (nSPS) is 32.8. The molecule has 5 nitrogen and oxygen atoms in total. The number of likely N-dealkylation sites (N-methyl/N-ethyl adjacent to an activating group) is 1. The van der Waals surface area contributed by atoms with Crippen LogP contribution in [-0.2, 0) is 14.4 Å². The van der Waals surface area contributed by atoms with Crippen LogP contribution in [0.25, 0.3) is 0 Å². The van der Waals surface area contributed by atoms with Crippen LogP contribution >= 0.6 is 0 Å². The first kappa shape index (κ1) is 16.2.